The summed E-state index contributed by atoms with van der Waals surface area (Å²) in [6, 6.07) is 0. The second kappa shape index (κ2) is 3.87. The van der Waals surface area contributed by atoms with Crippen LogP contribution in [-0.2, 0) is 9.53 Å². The molecule has 2 rings (SSSR count). The zero-order chi connectivity index (χ0) is 14.7. The molecule has 2 N–H and O–H groups in total. The third-order valence-corrected chi connectivity index (χ3v) is 4.04. The first-order valence-electron chi connectivity index (χ1n) is 6.44. The molecule has 2 fully saturated rings. The Morgan fingerprint density at radius 1 is 1.21 bits per heavy atom. The smallest absolute Gasteiger partial charge is 0.406 e. The number of hydrogen-bond donors (Lipinski definition) is 1. The molecule has 0 unspecified atom stereocenters. The molecule has 0 aliphatic heterocycles. The normalized spacial score (nSPS) is 38.6. The van der Waals surface area contributed by atoms with Crippen LogP contribution in [-0.4, -0.2) is 23.3 Å². The number of hydrogen-bond acceptors (Lipinski definition) is 3. The topological polar surface area (TPSA) is 52.3 Å². The lowest BCUT2D eigenvalue weighted by Gasteiger charge is -2.61. The van der Waals surface area contributed by atoms with Gasteiger partial charge < -0.3 is 10.5 Å². The van der Waals surface area contributed by atoms with Crippen LogP contribution in [0.25, 0.3) is 0 Å². The molecule has 0 amide bonds. The maximum Gasteiger partial charge on any atom is 0.406 e. The van der Waals surface area contributed by atoms with Crippen molar-refractivity contribution >= 4 is 5.97 Å². The van der Waals surface area contributed by atoms with Crippen molar-refractivity contribution in [2.24, 2.45) is 17.1 Å². The number of carbonyl (C=O) groups is 1. The Hall–Kier alpha value is -0.780. The minimum atomic E-state index is -4.35. The van der Waals surface area contributed by atoms with E-state index in [2.05, 4.69) is 0 Å². The van der Waals surface area contributed by atoms with E-state index < -0.39 is 17.3 Å². The molecule has 6 heteroatoms. The molecule has 0 saturated heterocycles. The van der Waals surface area contributed by atoms with Gasteiger partial charge in [0.1, 0.15) is 11.1 Å². The van der Waals surface area contributed by atoms with Crippen LogP contribution in [0.1, 0.15) is 46.5 Å². The van der Waals surface area contributed by atoms with Crippen molar-refractivity contribution in [2.45, 2.75) is 63.8 Å². The molecule has 19 heavy (non-hydrogen) atoms. The lowest BCUT2D eigenvalue weighted by molar-refractivity contribution is -0.254. The van der Waals surface area contributed by atoms with E-state index in [1.165, 1.54) is 0 Å². The zero-order valence-electron chi connectivity index (χ0n) is 11.4. The average molecular weight is 279 g/mol. The van der Waals surface area contributed by atoms with Gasteiger partial charge in [-0.15, -0.1) is 0 Å². The van der Waals surface area contributed by atoms with Crippen LogP contribution in [0.4, 0.5) is 13.2 Å². The summed E-state index contributed by atoms with van der Waals surface area (Å²) in [5.74, 6) is -0.573. The van der Waals surface area contributed by atoms with Crippen LogP contribution in [0.5, 0.6) is 0 Å². The highest BCUT2D eigenvalue weighted by Gasteiger charge is 2.69. The molecule has 0 aromatic rings. The van der Waals surface area contributed by atoms with E-state index in [9.17, 15) is 18.0 Å². The van der Waals surface area contributed by atoms with Crippen molar-refractivity contribution in [3.8, 4) is 0 Å². The van der Waals surface area contributed by atoms with Gasteiger partial charge in [0.15, 0.2) is 0 Å². The highest BCUT2D eigenvalue weighted by Crippen LogP contribution is 2.65. The van der Waals surface area contributed by atoms with Crippen LogP contribution in [0.15, 0.2) is 0 Å². The van der Waals surface area contributed by atoms with Crippen molar-refractivity contribution in [3.63, 3.8) is 0 Å². The van der Waals surface area contributed by atoms with Gasteiger partial charge >= 0.3 is 12.1 Å². The van der Waals surface area contributed by atoms with Crippen LogP contribution < -0.4 is 5.73 Å². The number of carbonyl (C=O) groups excluding carboxylic acids is 1. The van der Waals surface area contributed by atoms with E-state index >= 15 is 0 Å². The molecule has 1 spiro atoms. The third-order valence-electron chi connectivity index (χ3n) is 4.04. The maximum absolute atomic E-state index is 12.7. The van der Waals surface area contributed by atoms with Crippen molar-refractivity contribution in [2.75, 3.05) is 0 Å². The Labute approximate surface area is 110 Å². The fraction of sp³-hybridized carbons (Fsp3) is 0.923. The molecule has 2 aliphatic carbocycles. The monoisotopic (exact) mass is 279 g/mol. The van der Waals surface area contributed by atoms with Gasteiger partial charge in [0, 0.05) is 0 Å². The van der Waals surface area contributed by atoms with E-state index in [1.54, 1.807) is 20.8 Å². The van der Waals surface area contributed by atoms with Crippen molar-refractivity contribution < 1.29 is 22.7 Å². The highest BCUT2D eigenvalue weighted by molar-refractivity contribution is 5.74. The second-order valence-electron chi connectivity index (χ2n) is 7.15. The summed E-state index contributed by atoms with van der Waals surface area (Å²) in [5, 5.41) is 0. The molecule has 110 valence electrons. The molecule has 0 heterocycles. The molecule has 0 aromatic heterocycles. The first-order chi connectivity index (χ1) is 8.36. The SMILES string of the molecule is CC(C)(C)OC(=O)C1CC2(C1)CC(N)(C(F)(F)F)C2. The zero-order valence-corrected chi connectivity index (χ0v) is 11.4. The fourth-order valence-corrected chi connectivity index (χ4v) is 3.31. The van der Waals surface area contributed by atoms with E-state index in [1.807, 2.05) is 0 Å². The van der Waals surface area contributed by atoms with Gasteiger partial charge in [-0.2, -0.15) is 13.2 Å². The quantitative estimate of drug-likeness (QED) is 0.751. The Balaban J connectivity index is 1.84. The highest BCUT2D eigenvalue weighted by atomic mass is 19.4. The predicted octanol–water partition coefficient (Wildman–Crippen LogP) is 2.78. The first kappa shape index (κ1) is 14.6. The van der Waals surface area contributed by atoms with Crippen LogP contribution in [0.2, 0.25) is 0 Å². The molecule has 2 aliphatic rings. The van der Waals surface area contributed by atoms with E-state index in [0.29, 0.717) is 12.8 Å². The van der Waals surface area contributed by atoms with Gasteiger partial charge in [-0.25, -0.2) is 0 Å². The molecule has 3 nitrogen and oxygen atoms in total. The van der Waals surface area contributed by atoms with Gasteiger partial charge in [0.25, 0.3) is 0 Å². The largest absolute Gasteiger partial charge is 0.460 e. The first-order valence-corrected chi connectivity index (χ1v) is 6.44. The average Bonchev–Trinajstić information content (AvgIpc) is 2.02. The molecule has 0 bridgehead atoms. The van der Waals surface area contributed by atoms with Crippen LogP contribution in [0, 0.1) is 11.3 Å². The number of ether oxygens (including phenoxy) is 1. The van der Waals surface area contributed by atoms with Gasteiger partial charge in [0.2, 0.25) is 0 Å². The molecule has 0 atom stereocenters. The Kier molecular flexibility index (Phi) is 2.98. The number of rotatable bonds is 1. The van der Waals surface area contributed by atoms with Gasteiger partial charge in [-0.1, -0.05) is 0 Å². The van der Waals surface area contributed by atoms with E-state index in [-0.39, 0.29) is 30.1 Å². The van der Waals surface area contributed by atoms with Crippen molar-refractivity contribution in [1.82, 2.24) is 0 Å². The molecule has 0 radical (unpaired) electrons. The molecular weight excluding hydrogens is 259 g/mol. The molecule has 2 saturated carbocycles. The lowest BCUT2D eigenvalue weighted by Crippen LogP contribution is -2.69. The number of halogens is 3. The van der Waals surface area contributed by atoms with Crippen LogP contribution in [0.3, 0.4) is 0 Å². The van der Waals surface area contributed by atoms with E-state index in [0.717, 1.165) is 0 Å². The number of nitrogens with two attached hydrogens (primary N) is 1. The minimum Gasteiger partial charge on any atom is -0.460 e. The van der Waals surface area contributed by atoms with Crippen LogP contribution >= 0.6 is 0 Å². The lowest BCUT2D eigenvalue weighted by atomic mass is 9.45. The summed E-state index contributed by atoms with van der Waals surface area (Å²) in [4.78, 5) is 11.8. The second-order valence-corrected chi connectivity index (χ2v) is 7.15. The molecular formula is C13H20F3NO2. The van der Waals surface area contributed by atoms with Crippen molar-refractivity contribution in [1.29, 1.82) is 0 Å². The fourth-order valence-electron chi connectivity index (χ4n) is 3.31. The maximum atomic E-state index is 12.7. The number of esters is 1. The Morgan fingerprint density at radius 2 is 1.68 bits per heavy atom. The number of alkyl halides is 3. The summed E-state index contributed by atoms with van der Waals surface area (Å²) in [6.07, 6.45) is -3.55. The molecule has 0 aromatic carbocycles. The predicted molar refractivity (Wildman–Crippen MR) is 63.2 cm³/mol. The summed E-state index contributed by atoms with van der Waals surface area (Å²) in [5.41, 5.74) is 2.36. The minimum absolute atomic E-state index is 0.0667. The Morgan fingerprint density at radius 3 is 2.05 bits per heavy atom. The third kappa shape index (κ3) is 2.59. The summed E-state index contributed by atoms with van der Waals surface area (Å²) in [6.45, 7) is 5.33. The summed E-state index contributed by atoms with van der Waals surface area (Å²) >= 11 is 0. The van der Waals surface area contributed by atoms with Gasteiger partial charge in [-0.05, 0) is 51.9 Å². The summed E-state index contributed by atoms with van der Waals surface area (Å²) < 4.78 is 43.2. The Bertz CT molecular complexity index is 384. The van der Waals surface area contributed by atoms with E-state index in [4.69, 9.17) is 10.5 Å². The standard InChI is InChI=1S/C13H20F3NO2/c1-10(2,3)19-9(18)8-4-11(5-8)6-12(17,7-11)13(14,15)16/h8H,4-7,17H2,1-3H3. The van der Waals surface area contributed by atoms with Crippen molar-refractivity contribution in [3.05, 3.63) is 0 Å². The van der Waals surface area contributed by atoms with Gasteiger partial charge in [-0.3, -0.25) is 4.79 Å². The van der Waals surface area contributed by atoms with Gasteiger partial charge in [0.05, 0.1) is 5.92 Å². The summed E-state index contributed by atoms with van der Waals surface area (Å²) in [7, 11) is 0.